The van der Waals surface area contributed by atoms with Gasteiger partial charge in [0.1, 0.15) is 0 Å². The Morgan fingerprint density at radius 1 is 1.10 bits per heavy atom. The number of para-hydroxylation sites is 1. The average Bonchev–Trinajstić information content (AvgIpc) is 3.07. The molecule has 0 amide bonds. The molecule has 0 unspecified atom stereocenters. The van der Waals surface area contributed by atoms with Gasteiger partial charge in [-0.05, 0) is 55.5 Å². The number of rotatable bonds is 6. The van der Waals surface area contributed by atoms with Gasteiger partial charge in [0, 0.05) is 19.6 Å². The number of aromatic nitrogens is 3. The van der Waals surface area contributed by atoms with Crippen molar-refractivity contribution in [1.82, 2.24) is 19.2 Å². The van der Waals surface area contributed by atoms with E-state index < -0.39 is 11.6 Å². The van der Waals surface area contributed by atoms with Crippen LogP contribution >= 0.6 is 12.2 Å². The van der Waals surface area contributed by atoms with Crippen molar-refractivity contribution >= 4 is 18.2 Å². The molecule has 0 N–H and O–H groups in total. The predicted molar refractivity (Wildman–Crippen MR) is 118 cm³/mol. The second kappa shape index (κ2) is 9.25. The van der Waals surface area contributed by atoms with Gasteiger partial charge in [0.15, 0.2) is 11.6 Å². The van der Waals surface area contributed by atoms with Crippen molar-refractivity contribution < 1.29 is 13.5 Å². The summed E-state index contributed by atoms with van der Waals surface area (Å²) in [5.74, 6) is -0.912. The second-order valence-electron chi connectivity index (χ2n) is 7.71. The molecule has 4 rings (SSSR count). The number of morpholine rings is 1. The van der Waals surface area contributed by atoms with Crippen molar-refractivity contribution in [3.05, 3.63) is 70.0 Å². The number of aryl methyl sites for hydroxylation is 1. The zero-order valence-electron chi connectivity index (χ0n) is 17.6. The number of hydrogen-bond acceptors (Lipinski definition) is 5. The molecule has 9 heteroatoms. The second-order valence-corrected chi connectivity index (χ2v) is 8.07. The third-order valence-electron chi connectivity index (χ3n) is 5.28. The van der Waals surface area contributed by atoms with Gasteiger partial charge < -0.3 is 9.64 Å². The molecular formula is C22H25F2N5OS. The van der Waals surface area contributed by atoms with Gasteiger partial charge in [-0.25, -0.2) is 13.5 Å². The summed E-state index contributed by atoms with van der Waals surface area (Å²) in [7, 11) is 1.89. The Morgan fingerprint density at radius 3 is 2.55 bits per heavy atom. The molecule has 1 aliphatic rings. The maximum absolute atomic E-state index is 13.6. The lowest BCUT2D eigenvalue weighted by molar-refractivity contribution is 0.121. The van der Waals surface area contributed by atoms with E-state index in [1.807, 2.05) is 47.7 Å². The number of hydrogen-bond donors (Lipinski definition) is 0. The lowest BCUT2D eigenvalue weighted by Gasteiger charge is -2.27. The van der Waals surface area contributed by atoms with E-state index in [1.54, 1.807) is 10.7 Å². The van der Waals surface area contributed by atoms with E-state index in [4.69, 9.17) is 22.1 Å². The van der Waals surface area contributed by atoms with Gasteiger partial charge >= 0.3 is 0 Å². The van der Waals surface area contributed by atoms with Gasteiger partial charge in [-0.3, -0.25) is 9.47 Å². The van der Waals surface area contributed by atoms with Crippen LogP contribution in [0.5, 0.6) is 0 Å². The molecule has 3 aromatic rings. The molecule has 0 aliphatic carbocycles. The van der Waals surface area contributed by atoms with Crippen molar-refractivity contribution in [2.45, 2.75) is 20.1 Å². The summed E-state index contributed by atoms with van der Waals surface area (Å²) in [6.07, 6.45) is 0. The minimum atomic E-state index is -0.847. The van der Waals surface area contributed by atoms with Gasteiger partial charge in [0.25, 0.3) is 0 Å². The fraction of sp³-hybridized carbons (Fsp3) is 0.364. The van der Waals surface area contributed by atoms with E-state index in [0.717, 1.165) is 36.4 Å². The van der Waals surface area contributed by atoms with Crippen LogP contribution in [0, 0.1) is 23.3 Å². The topological polar surface area (TPSA) is 38.5 Å². The molecule has 6 nitrogen and oxygen atoms in total. The molecule has 1 fully saturated rings. The Bertz CT molecular complexity index is 1120. The monoisotopic (exact) mass is 445 g/mol. The fourth-order valence-electron chi connectivity index (χ4n) is 3.71. The van der Waals surface area contributed by atoms with Crippen molar-refractivity contribution in [3.8, 4) is 5.69 Å². The molecular weight excluding hydrogens is 420 g/mol. The van der Waals surface area contributed by atoms with Gasteiger partial charge in [0.05, 0.1) is 25.6 Å². The third-order valence-corrected chi connectivity index (χ3v) is 5.68. The van der Waals surface area contributed by atoms with E-state index in [2.05, 4.69) is 4.90 Å². The largest absolute Gasteiger partial charge is 0.378 e. The first-order valence-electron chi connectivity index (χ1n) is 10.1. The Labute approximate surface area is 185 Å². The highest BCUT2D eigenvalue weighted by Crippen LogP contribution is 2.23. The van der Waals surface area contributed by atoms with Crippen molar-refractivity contribution in [2.75, 3.05) is 38.3 Å². The fourth-order valence-corrected chi connectivity index (χ4v) is 3.99. The Morgan fingerprint density at radius 2 is 1.84 bits per heavy atom. The highest BCUT2D eigenvalue weighted by Gasteiger charge is 2.22. The van der Waals surface area contributed by atoms with Crippen LogP contribution in [0.3, 0.4) is 0 Å². The molecule has 0 spiro atoms. The SMILES string of the molecule is Cc1ccccc1-n1c(N2CCOCC2)nn(CN(C)Cc2ccc(F)c(F)c2)c1=S. The van der Waals surface area contributed by atoms with Crippen LogP contribution in [0.25, 0.3) is 5.69 Å². The molecule has 1 saturated heterocycles. The van der Waals surface area contributed by atoms with E-state index in [9.17, 15) is 8.78 Å². The maximum atomic E-state index is 13.6. The van der Waals surface area contributed by atoms with Crippen LogP contribution in [0.4, 0.5) is 14.7 Å². The number of nitrogens with zero attached hydrogens (tertiary/aromatic N) is 5. The van der Waals surface area contributed by atoms with E-state index in [0.29, 0.717) is 36.8 Å². The van der Waals surface area contributed by atoms with Crippen LogP contribution in [0.2, 0.25) is 0 Å². The predicted octanol–water partition coefficient (Wildman–Crippen LogP) is 3.92. The third kappa shape index (κ3) is 4.68. The minimum Gasteiger partial charge on any atom is -0.378 e. The Kier molecular flexibility index (Phi) is 6.45. The number of anilines is 1. The zero-order valence-corrected chi connectivity index (χ0v) is 18.4. The van der Waals surface area contributed by atoms with Crippen LogP contribution in [-0.4, -0.2) is 52.6 Å². The van der Waals surface area contributed by atoms with Gasteiger partial charge in [-0.2, -0.15) is 0 Å². The lowest BCUT2D eigenvalue weighted by atomic mass is 10.2. The Balaban J connectivity index is 1.65. The maximum Gasteiger partial charge on any atom is 0.230 e. The number of halogens is 2. The molecule has 0 radical (unpaired) electrons. The molecule has 0 saturated carbocycles. The first-order chi connectivity index (χ1) is 14.9. The van der Waals surface area contributed by atoms with Crippen LogP contribution < -0.4 is 4.90 Å². The average molecular weight is 446 g/mol. The highest BCUT2D eigenvalue weighted by atomic mass is 32.1. The van der Waals surface area contributed by atoms with Crippen LogP contribution in [0.1, 0.15) is 11.1 Å². The van der Waals surface area contributed by atoms with Crippen molar-refractivity contribution in [2.24, 2.45) is 0 Å². The van der Waals surface area contributed by atoms with Gasteiger partial charge in [-0.15, -0.1) is 5.10 Å². The lowest BCUT2D eigenvalue weighted by Crippen LogP contribution is -2.38. The smallest absolute Gasteiger partial charge is 0.230 e. The quantitative estimate of drug-likeness (QED) is 0.538. The number of benzene rings is 2. The summed E-state index contributed by atoms with van der Waals surface area (Å²) in [6.45, 7) is 5.65. The first-order valence-corrected chi connectivity index (χ1v) is 10.6. The zero-order chi connectivity index (χ0) is 22.0. The molecule has 0 bridgehead atoms. The molecule has 1 aromatic heterocycles. The van der Waals surface area contributed by atoms with Gasteiger partial charge in [-0.1, -0.05) is 24.3 Å². The van der Waals surface area contributed by atoms with Gasteiger partial charge in [0.2, 0.25) is 10.7 Å². The first kappa shape index (κ1) is 21.6. The molecule has 2 heterocycles. The summed E-state index contributed by atoms with van der Waals surface area (Å²) in [6, 6.07) is 12.0. The van der Waals surface area contributed by atoms with Crippen molar-refractivity contribution in [3.63, 3.8) is 0 Å². The number of ether oxygens (including phenoxy) is 1. The highest BCUT2D eigenvalue weighted by molar-refractivity contribution is 7.71. The summed E-state index contributed by atoms with van der Waals surface area (Å²) in [4.78, 5) is 4.14. The molecule has 2 aromatic carbocycles. The van der Waals surface area contributed by atoms with Crippen molar-refractivity contribution in [1.29, 1.82) is 0 Å². The van der Waals surface area contributed by atoms with Crippen LogP contribution in [0.15, 0.2) is 42.5 Å². The van der Waals surface area contributed by atoms with E-state index in [1.165, 1.54) is 6.07 Å². The van der Waals surface area contributed by atoms with Crippen LogP contribution in [-0.2, 0) is 18.0 Å². The molecule has 1 aliphatic heterocycles. The molecule has 164 valence electrons. The molecule has 31 heavy (non-hydrogen) atoms. The summed E-state index contributed by atoms with van der Waals surface area (Å²) in [5.41, 5.74) is 2.77. The normalized spacial score (nSPS) is 14.4. The summed E-state index contributed by atoms with van der Waals surface area (Å²) >= 11 is 5.81. The Hall–Kier alpha value is -2.62. The summed E-state index contributed by atoms with van der Waals surface area (Å²) in [5, 5.41) is 4.83. The standard InChI is InChI=1S/C22H25F2N5OS/c1-16-5-3-4-6-20(16)29-21(27-9-11-30-12-10-27)25-28(22(29)31)15-26(2)14-17-7-8-18(23)19(24)13-17/h3-8,13H,9-12,14-15H2,1-2H3. The van der Waals surface area contributed by atoms with E-state index in [-0.39, 0.29) is 0 Å². The minimum absolute atomic E-state index is 0.411. The molecule has 0 atom stereocenters. The van der Waals surface area contributed by atoms with E-state index >= 15 is 0 Å². The summed E-state index contributed by atoms with van der Waals surface area (Å²) < 4.78 is 36.6.